The van der Waals surface area contributed by atoms with Crippen molar-refractivity contribution in [2.75, 3.05) is 24.0 Å². The van der Waals surface area contributed by atoms with Gasteiger partial charge in [-0.2, -0.15) is 23.5 Å². The lowest BCUT2D eigenvalue weighted by Crippen LogP contribution is -2.57. The molecule has 0 aromatic carbocycles. The molecule has 13 nitrogen and oxygen atoms in total. The zero-order valence-electron chi connectivity index (χ0n) is 19.1. The number of carbonyl (C=O) groups is 6. The Balaban J connectivity index is 5.42. The number of rotatable bonds is 18. The monoisotopic (exact) mass is 523 g/mol. The van der Waals surface area contributed by atoms with Gasteiger partial charge in [0.2, 0.25) is 23.6 Å². The molecule has 0 aromatic heterocycles. The van der Waals surface area contributed by atoms with Gasteiger partial charge in [0.15, 0.2) is 0 Å². The quantitative estimate of drug-likeness (QED) is 0.105. The first-order valence-corrected chi connectivity index (χ1v) is 13.1. The van der Waals surface area contributed by atoms with Crippen molar-refractivity contribution in [2.45, 2.75) is 56.3 Å². The number of carboxylic acids is 2. The molecule has 15 heteroatoms. The molecular weight excluding hydrogens is 490 g/mol. The van der Waals surface area contributed by atoms with Crippen LogP contribution in [0.1, 0.15) is 32.1 Å². The van der Waals surface area contributed by atoms with Gasteiger partial charge >= 0.3 is 11.9 Å². The lowest BCUT2D eigenvalue weighted by atomic mass is 10.1. The number of carbonyl (C=O) groups excluding carboxylic acids is 4. The Kier molecular flexibility index (Phi) is 15.7. The van der Waals surface area contributed by atoms with Crippen molar-refractivity contribution >= 4 is 59.1 Å². The molecule has 0 fully saturated rings. The highest BCUT2D eigenvalue weighted by Crippen LogP contribution is 2.06. The van der Waals surface area contributed by atoms with E-state index in [1.54, 1.807) is 12.5 Å². The van der Waals surface area contributed by atoms with Crippen LogP contribution in [0.3, 0.4) is 0 Å². The lowest BCUT2D eigenvalue weighted by Gasteiger charge is -2.24. The Labute approximate surface area is 205 Å². The average molecular weight is 524 g/mol. The summed E-state index contributed by atoms with van der Waals surface area (Å²) in [6.45, 7) is 0. The fourth-order valence-corrected chi connectivity index (χ4v) is 3.58. The van der Waals surface area contributed by atoms with Crippen LogP contribution in [0.25, 0.3) is 0 Å². The minimum absolute atomic E-state index is 0.103. The summed E-state index contributed by atoms with van der Waals surface area (Å²) < 4.78 is 0. The van der Waals surface area contributed by atoms with E-state index < -0.39 is 66.2 Å². The molecule has 194 valence electrons. The molecule has 0 bridgehead atoms. The van der Waals surface area contributed by atoms with Crippen LogP contribution in [0.5, 0.6) is 0 Å². The standard InChI is InChI=1S/C19H33N5O8S2/c1-33-7-5-11(17(29)23-12(19(31)32)6-8-34-2)22-18(30)13(9-15(26)27)24-16(28)10(20)3-4-14(21)25/h10-13H,3-9,20H2,1-2H3,(H2,21,25)(H,22,30)(H,23,29)(H,24,28)(H,26,27)(H,31,32). The van der Waals surface area contributed by atoms with Crippen molar-refractivity contribution in [1.82, 2.24) is 16.0 Å². The lowest BCUT2D eigenvalue weighted by molar-refractivity contribution is -0.143. The predicted molar refractivity (Wildman–Crippen MR) is 128 cm³/mol. The van der Waals surface area contributed by atoms with Gasteiger partial charge in [0.25, 0.3) is 0 Å². The molecule has 0 heterocycles. The summed E-state index contributed by atoms with van der Waals surface area (Å²) in [5.41, 5.74) is 10.7. The van der Waals surface area contributed by atoms with E-state index in [1.807, 2.05) is 0 Å². The molecule has 0 spiro atoms. The third-order valence-electron chi connectivity index (χ3n) is 4.52. The molecule has 0 aromatic rings. The van der Waals surface area contributed by atoms with Gasteiger partial charge in [-0.3, -0.25) is 24.0 Å². The second kappa shape index (κ2) is 17.0. The molecule has 0 aliphatic heterocycles. The molecule has 9 N–H and O–H groups in total. The van der Waals surface area contributed by atoms with Crippen LogP contribution in [0.15, 0.2) is 0 Å². The maximum Gasteiger partial charge on any atom is 0.326 e. The molecule has 0 saturated heterocycles. The highest BCUT2D eigenvalue weighted by Gasteiger charge is 2.31. The van der Waals surface area contributed by atoms with Gasteiger partial charge in [-0.05, 0) is 43.3 Å². The van der Waals surface area contributed by atoms with E-state index in [-0.39, 0.29) is 25.7 Å². The highest BCUT2D eigenvalue weighted by molar-refractivity contribution is 7.98. The SMILES string of the molecule is CSCCC(NC(=O)C(CCSC)NC(=O)C(CC(=O)O)NC(=O)C(N)CCC(N)=O)C(=O)O. The molecule has 4 amide bonds. The summed E-state index contributed by atoms with van der Waals surface area (Å²) in [5.74, 6) is -4.92. The van der Waals surface area contributed by atoms with Crippen molar-refractivity contribution < 1.29 is 39.0 Å². The first-order valence-electron chi connectivity index (χ1n) is 10.3. The molecule has 34 heavy (non-hydrogen) atoms. The van der Waals surface area contributed by atoms with Gasteiger partial charge in [0.1, 0.15) is 18.1 Å². The number of aliphatic carboxylic acids is 2. The number of primary amides is 1. The smallest absolute Gasteiger partial charge is 0.326 e. The summed E-state index contributed by atoms with van der Waals surface area (Å²) in [5, 5.41) is 25.5. The minimum atomic E-state index is -1.55. The molecular formula is C19H33N5O8S2. The average Bonchev–Trinajstić information content (AvgIpc) is 2.76. The van der Waals surface area contributed by atoms with Crippen molar-refractivity contribution in [2.24, 2.45) is 11.5 Å². The summed E-state index contributed by atoms with van der Waals surface area (Å²) in [6.07, 6.45) is 2.81. The number of hydrogen-bond donors (Lipinski definition) is 7. The van der Waals surface area contributed by atoms with E-state index in [1.165, 1.54) is 23.5 Å². The number of amides is 4. The Morgan fingerprint density at radius 3 is 1.71 bits per heavy atom. The van der Waals surface area contributed by atoms with E-state index >= 15 is 0 Å². The van der Waals surface area contributed by atoms with E-state index in [9.17, 15) is 33.9 Å². The Morgan fingerprint density at radius 2 is 1.24 bits per heavy atom. The fraction of sp³-hybridized carbons (Fsp3) is 0.684. The topological polar surface area (TPSA) is 231 Å². The van der Waals surface area contributed by atoms with Crippen molar-refractivity contribution in [3.8, 4) is 0 Å². The van der Waals surface area contributed by atoms with Gasteiger partial charge in [-0.15, -0.1) is 0 Å². The number of nitrogens with two attached hydrogens (primary N) is 2. The van der Waals surface area contributed by atoms with Crippen molar-refractivity contribution in [3.05, 3.63) is 0 Å². The van der Waals surface area contributed by atoms with Crippen molar-refractivity contribution in [3.63, 3.8) is 0 Å². The summed E-state index contributed by atoms with van der Waals surface area (Å²) in [7, 11) is 0. The molecule has 0 aliphatic rings. The second-order valence-electron chi connectivity index (χ2n) is 7.29. The molecule has 0 radical (unpaired) electrons. The first-order chi connectivity index (χ1) is 15.9. The van der Waals surface area contributed by atoms with E-state index in [4.69, 9.17) is 16.6 Å². The number of nitrogens with one attached hydrogen (secondary N) is 3. The number of thioether (sulfide) groups is 2. The van der Waals surface area contributed by atoms with Gasteiger partial charge in [-0.25, -0.2) is 4.79 Å². The first kappa shape index (κ1) is 31.5. The molecule has 0 rings (SSSR count). The minimum Gasteiger partial charge on any atom is -0.481 e. The van der Waals surface area contributed by atoms with E-state index in [2.05, 4.69) is 16.0 Å². The Morgan fingerprint density at radius 1 is 0.765 bits per heavy atom. The number of hydrogen-bond acceptors (Lipinski definition) is 9. The van der Waals surface area contributed by atoms with Crippen LogP contribution in [-0.2, 0) is 28.8 Å². The fourth-order valence-electron chi connectivity index (χ4n) is 2.63. The molecule has 4 atom stereocenters. The zero-order valence-corrected chi connectivity index (χ0v) is 20.7. The molecule has 4 unspecified atom stereocenters. The third kappa shape index (κ3) is 13.3. The van der Waals surface area contributed by atoms with Crippen molar-refractivity contribution in [1.29, 1.82) is 0 Å². The predicted octanol–water partition coefficient (Wildman–Crippen LogP) is -1.90. The molecule has 0 aliphatic carbocycles. The normalized spacial score (nSPS) is 14.2. The summed E-state index contributed by atoms with van der Waals surface area (Å²) >= 11 is 2.80. The largest absolute Gasteiger partial charge is 0.481 e. The van der Waals surface area contributed by atoms with Gasteiger partial charge in [0.05, 0.1) is 12.5 Å². The van der Waals surface area contributed by atoms with Gasteiger partial charge < -0.3 is 37.6 Å². The van der Waals surface area contributed by atoms with Crippen LogP contribution < -0.4 is 27.4 Å². The van der Waals surface area contributed by atoms with Gasteiger partial charge in [-0.1, -0.05) is 0 Å². The highest BCUT2D eigenvalue weighted by atomic mass is 32.2. The maximum absolute atomic E-state index is 12.8. The second-order valence-corrected chi connectivity index (χ2v) is 9.27. The Bertz CT molecular complexity index is 739. The van der Waals surface area contributed by atoms with Crippen LogP contribution in [-0.4, -0.2) is 94.0 Å². The van der Waals surface area contributed by atoms with Crippen LogP contribution in [0.4, 0.5) is 0 Å². The van der Waals surface area contributed by atoms with E-state index in [0.29, 0.717) is 11.5 Å². The van der Waals surface area contributed by atoms with Crippen LogP contribution in [0.2, 0.25) is 0 Å². The Hall–Kier alpha value is -2.52. The maximum atomic E-state index is 12.8. The molecule has 0 saturated carbocycles. The van der Waals surface area contributed by atoms with Crippen LogP contribution in [0, 0.1) is 0 Å². The van der Waals surface area contributed by atoms with Gasteiger partial charge in [0, 0.05) is 6.42 Å². The summed E-state index contributed by atoms with van der Waals surface area (Å²) in [4.78, 5) is 71.3. The number of carboxylic acid groups (broad SMARTS) is 2. The summed E-state index contributed by atoms with van der Waals surface area (Å²) in [6, 6.07) is -5.08. The zero-order chi connectivity index (χ0) is 26.3. The van der Waals surface area contributed by atoms with Crippen LogP contribution >= 0.6 is 23.5 Å². The third-order valence-corrected chi connectivity index (χ3v) is 5.81. The van der Waals surface area contributed by atoms with E-state index in [0.717, 1.165) is 0 Å².